The number of nitrogens with one attached hydrogen (secondary N) is 2. The monoisotopic (exact) mass is 257 g/mol. The fourth-order valence-corrected chi connectivity index (χ4v) is 1.67. The van der Waals surface area contributed by atoms with Crippen LogP contribution in [-0.2, 0) is 0 Å². The van der Waals surface area contributed by atoms with Crippen molar-refractivity contribution in [1.82, 2.24) is 9.97 Å². The standard InChI is InChI=1S/C14H19N5/c1-10-5-3-4-6-12(10)19-14-7-13(16-9-17-14)18-11(2)8-15/h3-7,9,11H,8,15H2,1-2H3,(H2,16,17,18,19). The summed E-state index contributed by atoms with van der Waals surface area (Å²) in [4.78, 5) is 8.39. The van der Waals surface area contributed by atoms with Crippen molar-refractivity contribution < 1.29 is 0 Å². The summed E-state index contributed by atoms with van der Waals surface area (Å²) in [6, 6.07) is 10.1. The van der Waals surface area contributed by atoms with Gasteiger partial charge in [0.15, 0.2) is 0 Å². The van der Waals surface area contributed by atoms with Crippen LogP contribution in [0.2, 0.25) is 0 Å². The Morgan fingerprint density at radius 1 is 1.21 bits per heavy atom. The Balaban J connectivity index is 2.13. The van der Waals surface area contributed by atoms with Gasteiger partial charge in [-0.1, -0.05) is 18.2 Å². The Hall–Kier alpha value is -2.14. The Bertz CT molecular complexity index is 541. The summed E-state index contributed by atoms with van der Waals surface area (Å²) >= 11 is 0. The van der Waals surface area contributed by atoms with E-state index in [2.05, 4.69) is 33.6 Å². The van der Waals surface area contributed by atoms with Gasteiger partial charge in [0.25, 0.3) is 0 Å². The van der Waals surface area contributed by atoms with Crippen molar-refractivity contribution in [2.75, 3.05) is 17.2 Å². The van der Waals surface area contributed by atoms with Gasteiger partial charge in [-0.3, -0.25) is 0 Å². The van der Waals surface area contributed by atoms with E-state index in [-0.39, 0.29) is 6.04 Å². The molecule has 4 N–H and O–H groups in total. The molecule has 1 aromatic heterocycles. The van der Waals surface area contributed by atoms with E-state index in [9.17, 15) is 0 Å². The van der Waals surface area contributed by atoms with E-state index in [0.717, 1.165) is 17.3 Å². The molecule has 0 fully saturated rings. The number of hydrogen-bond donors (Lipinski definition) is 3. The highest BCUT2D eigenvalue weighted by Gasteiger charge is 2.03. The highest BCUT2D eigenvalue weighted by atomic mass is 15.1. The SMILES string of the molecule is Cc1ccccc1Nc1cc(NC(C)CN)ncn1. The zero-order chi connectivity index (χ0) is 13.7. The van der Waals surface area contributed by atoms with Crippen LogP contribution in [0.15, 0.2) is 36.7 Å². The number of nitrogens with two attached hydrogens (primary N) is 1. The van der Waals surface area contributed by atoms with E-state index < -0.39 is 0 Å². The lowest BCUT2D eigenvalue weighted by molar-refractivity contribution is 0.797. The summed E-state index contributed by atoms with van der Waals surface area (Å²) in [6.07, 6.45) is 1.53. The third-order valence-electron chi connectivity index (χ3n) is 2.82. The zero-order valence-electron chi connectivity index (χ0n) is 11.2. The fourth-order valence-electron chi connectivity index (χ4n) is 1.67. The number of benzene rings is 1. The summed E-state index contributed by atoms with van der Waals surface area (Å²) in [5.74, 6) is 1.53. The van der Waals surface area contributed by atoms with E-state index in [1.54, 1.807) is 0 Å². The summed E-state index contributed by atoms with van der Waals surface area (Å²) in [5, 5.41) is 6.50. The largest absolute Gasteiger partial charge is 0.366 e. The number of aromatic nitrogens is 2. The quantitative estimate of drug-likeness (QED) is 0.766. The van der Waals surface area contributed by atoms with E-state index in [0.29, 0.717) is 6.54 Å². The summed E-state index contributed by atoms with van der Waals surface area (Å²) in [7, 11) is 0. The Morgan fingerprint density at radius 3 is 2.68 bits per heavy atom. The highest BCUT2D eigenvalue weighted by molar-refractivity contribution is 5.62. The second kappa shape index (κ2) is 6.15. The van der Waals surface area contributed by atoms with Crippen molar-refractivity contribution in [3.63, 3.8) is 0 Å². The van der Waals surface area contributed by atoms with Gasteiger partial charge in [-0.25, -0.2) is 9.97 Å². The minimum Gasteiger partial charge on any atom is -0.366 e. The van der Waals surface area contributed by atoms with Gasteiger partial charge in [-0.05, 0) is 25.5 Å². The van der Waals surface area contributed by atoms with Crippen molar-refractivity contribution in [3.8, 4) is 0 Å². The van der Waals surface area contributed by atoms with Crippen LogP contribution in [0.4, 0.5) is 17.3 Å². The van der Waals surface area contributed by atoms with Gasteiger partial charge in [0, 0.05) is 24.3 Å². The number of hydrogen-bond acceptors (Lipinski definition) is 5. The van der Waals surface area contributed by atoms with Crippen LogP contribution in [0, 0.1) is 6.92 Å². The number of nitrogens with zero attached hydrogens (tertiary/aromatic N) is 2. The number of anilines is 3. The lowest BCUT2D eigenvalue weighted by Crippen LogP contribution is -2.25. The van der Waals surface area contributed by atoms with Gasteiger partial charge in [0.05, 0.1) is 0 Å². The van der Waals surface area contributed by atoms with Gasteiger partial charge in [0.1, 0.15) is 18.0 Å². The van der Waals surface area contributed by atoms with E-state index in [1.807, 2.05) is 31.2 Å². The molecule has 0 saturated carbocycles. The second-order valence-electron chi connectivity index (χ2n) is 4.51. The van der Waals surface area contributed by atoms with Crippen molar-refractivity contribution in [2.45, 2.75) is 19.9 Å². The minimum atomic E-state index is 0.182. The Kier molecular flexibility index (Phi) is 4.30. The minimum absolute atomic E-state index is 0.182. The molecule has 1 heterocycles. The average Bonchev–Trinajstić information content (AvgIpc) is 2.42. The summed E-state index contributed by atoms with van der Waals surface area (Å²) in [6.45, 7) is 4.63. The van der Waals surface area contributed by atoms with E-state index in [4.69, 9.17) is 5.73 Å². The van der Waals surface area contributed by atoms with Crippen LogP contribution in [0.5, 0.6) is 0 Å². The molecule has 1 atom stereocenters. The summed E-state index contributed by atoms with van der Waals surface area (Å²) < 4.78 is 0. The third kappa shape index (κ3) is 3.66. The number of aryl methyl sites for hydroxylation is 1. The molecule has 2 rings (SSSR count). The molecular weight excluding hydrogens is 238 g/mol. The molecule has 2 aromatic rings. The first-order chi connectivity index (χ1) is 9.19. The topological polar surface area (TPSA) is 75.9 Å². The van der Waals surface area contributed by atoms with Crippen LogP contribution < -0.4 is 16.4 Å². The molecule has 0 bridgehead atoms. The summed E-state index contributed by atoms with van der Waals surface area (Å²) in [5.41, 5.74) is 7.79. The predicted octanol–water partition coefficient (Wildman–Crippen LogP) is 2.29. The van der Waals surface area contributed by atoms with E-state index >= 15 is 0 Å². The molecule has 0 aliphatic carbocycles. The smallest absolute Gasteiger partial charge is 0.135 e. The molecule has 5 heteroatoms. The molecular formula is C14H19N5. The maximum atomic E-state index is 5.58. The highest BCUT2D eigenvalue weighted by Crippen LogP contribution is 2.19. The molecule has 0 radical (unpaired) electrons. The molecule has 5 nitrogen and oxygen atoms in total. The van der Waals surface area contributed by atoms with Crippen LogP contribution in [0.1, 0.15) is 12.5 Å². The van der Waals surface area contributed by atoms with Crippen LogP contribution in [0.25, 0.3) is 0 Å². The van der Waals surface area contributed by atoms with Crippen LogP contribution in [-0.4, -0.2) is 22.6 Å². The maximum absolute atomic E-state index is 5.58. The van der Waals surface area contributed by atoms with Crippen LogP contribution in [0.3, 0.4) is 0 Å². The normalized spacial score (nSPS) is 11.9. The third-order valence-corrected chi connectivity index (χ3v) is 2.82. The van der Waals surface area contributed by atoms with Gasteiger partial charge < -0.3 is 16.4 Å². The van der Waals surface area contributed by atoms with Gasteiger partial charge in [-0.2, -0.15) is 0 Å². The van der Waals surface area contributed by atoms with Gasteiger partial charge in [-0.15, -0.1) is 0 Å². The first kappa shape index (κ1) is 13.3. The van der Waals surface area contributed by atoms with Gasteiger partial charge >= 0.3 is 0 Å². The van der Waals surface area contributed by atoms with E-state index in [1.165, 1.54) is 11.9 Å². The number of rotatable bonds is 5. The average molecular weight is 257 g/mol. The molecule has 0 aliphatic heterocycles. The fraction of sp³-hybridized carbons (Fsp3) is 0.286. The Labute approximate surface area is 113 Å². The molecule has 0 aliphatic rings. The first-order valence-electron chi connectivity index (χ1n) is 6.30. The second-order valence-corrected chi connectivity index (χ2v) is 4.51. The first-order valence-corrected chi connectivity index (χ1v) is 6.30. The molecule has 0 saturated heterocycles. The number of para-hydroxylation sites is 1. The lowest BCUT2D eigenvalue weighted by atomic mass is 10.2. The maximum Gasteiger partial charge on any atom is 0.135 e. The lowest BCUT2D eigenvalue weighted by Gasteiger charge is -2.13. The van der Waals surface area contributed by atoms with Crippen molar-refractivity contribution >= 4 is 17.3 Å². The van der Waals surface area contributed by atoms with Crippen molar-refractivity contribution in [1.29, 1.82) is 0 Å². The molecule has 1 aromatic carbocycles. The van der Waals surface area contributed by atoms with Crippen molar-refractivity contribution in [3.05, 3.63) is 42.2 Å². The Morgan fingerprint density at radius 2 is 1.95 bits per heavy atom. The zero-order valence-corrected chi connectivity index (χ0v) is 11.2. The molecule has 100 valence electrons. The molecule has 0 spiro atoms. The molecule has 19 heavy (non-hydrogen) atoms. The molecule has 1 unspecified atom stereocenters. The van der Waals surface area contributed by atoms with Gasteiger partial charge in [0.2, 0.25) is 0 Å². The van der Waals surface area contributed by atoms with Crippen molar-refractivity contribution in [2.24, 2.45) is 5.73 Å². The molecule has 0 amide bonds. The predicted molar refractivity (Wildman–Crippen MR) is 78.6 cm³/mol. The van der Waals surface area contributed by atoms with Crippen LogP contribution >= 0.6 is 0 Å².